The number of halogens is 2. The summed E-state index contributed by atoms with van der Waals surface area (Å²) >= 11 is 9.80. The van der Waals surface area contributed by atoms with Gasteiger partial charge in [-0.05, 0) is 80.8 Å². The molecule has 1 unspecified atom stereocenters. The van der Waals surface area contributed by atoms with Crippen molar-refractivity contribution in [2.24, 2.45) is 0 Å². The molecule has 0 bridgehead atoms. The first-order valence-corrected chi connectivity index (χ1v) is 17.1. The first-order valence-electron chi connectivity index (χ1n) is 14.5. The van der Waals surface area contributed by atoms with Crippen LogP contribution in [-0.4, -0.2) is 43.3 Å². The van der Waals surface area contributed by atoms with Gasteiger partial charge >= 0.3 is 0 Å². The molecular formula is C35H37BrClN3O4S. The highest BCUT2D eigenvalue weighted by Crippen LogP contribution is 2.30. The van der Waals surface area contributed by atoms with Crippen molar-refractivity contribution in [3.8, 4) is 0 Å². The van der Waals surface area contributed by atoms with Crippen molar-refractivity contribution in [1.29, 1.82) is 0 Å². The average molecular weight is 711 g/mol. The maximum atomic E-state index is 14.6. The Hall–Kier alpha value is -3.66. The lowest BCUT2D eigenvalue weighted by Gasteiger charge is -2.35. The van der Waals surface area contributed by atoms with E-state index >= 15 is 0 Å². The zero-order valence-corrected chi connectivity index (χ0v) is 28.9. The minimum Gasteiger partial charge on any atom is -0.350 e. The smallest absolute Gasteiger partial charge is 0.264 e. The van der Waals surface area contributed by atoms with Crippen LogP contribution in [0, 0.1) is 6.92 Å². The molecule has 0 aliphatic carbocycles. The molecule has 10 heteroatoms. The van der Waals surface area contributed by atoms with Crippen LogP contribution in [0.25, 0.3) is 0 Å². The predicted molar refractivity (Wildman–Crippen MR) is 184 cm³/mol. The number of aryl methyl sites for hydroxylation is 1. The molecule has 0 heterocycles. The van der Waals surface area contributed by atoms with E-state index in [2.05, 4.69) is 21.2 Å². The summed E-state index contributed by atoms with van der Waals surface area (Å²) in [6.45, 7) is 6.92. The Balaban J connectivity index is 1.84. The molecule has 7 nitrogen and oxygen atoms in total. The van der Waals surface area contributed by atoms with Crippen molar-refractivity contribution >= 4 is 55.1 Å². The van der Waals surface area contributed by atoms with Crippen molar-refractivity contribution in [1.82, 2.24) is 10.2 Å². The Labute approximate surface area is 279 Å². The van der Waals surface area contributed by atoms with Gasteiger partial charge in [-0.15, -0.1) is 0 Å². The third kappa shape index (κ3) is 9.19. The Morgan fingerprint density at radius 2 is 1.47 bits per heavy atom. The van der Waals surface area contributed by atoms with Crippen LogP contribution < -0.4 is 9.62 Å². The van der Waals surface area contributed by atoms with Crippen molar-refractivity contribution in [2.45, 2.75) is 57.1 Å². The first kappa shape index (κ1) is 34.2. The lowest BCUT2D eigenvalue weighted by atomic mass is 10.0. The van der Waals surface area contributed by atoms with E-state index in [0.717, 1.165) is 19.9 Å². The van der Waals surface area contributed by atoms with Gasteiger partial charge in [0.25, 0.3) is 10.0 Å². The van der Waals surface area contributed by atoms with Gasteiger partial charge in [-0.2, -0.15) is 0 Å². The third-order valence-corrected chi connectivity index (χ3v) is 9.62. The summed E-state index contributed by atoms with van der Waals surface area (Å²) in [7, 11) is -4.21. The summed E-state index contributed by atoms with van der Waals surface area (Å²) < 4.78 is 30.3. The van der Waals surface area contributed by atoms with E-state index in [1.54, 1.807) is 37.3 Å². The van der Waals surface area contributed by atoms with Gasteiger partial charge < -0.3 is 10.2 Å². The molecule has 0 saturated heterocycles. The number of hydrogen-bond donors (Lipinski definition) is 1. The van der Waals surface area contributed by atoms with Crippen molar-refractivity contribution in [3.63, 3.8) is 0 Å². The number of carbonyl (C=O) groups excluding carboxylic acids is 2. The molecule has 4 aromatic rings. The highest BCUT2D eigenvalue weighted by Gasteiger charge is 2.36. The molecule has 236 valence electrons. The molecule has 0 fully saturated rings. The SMILES string of the molecule is Cc1ccc(Cl)cc1N(CC(=O)N(Cc1ccc(Br)cc1)C(Cc1ccccc1)C(=O)NC(C)(C)C)S(=O)(=O)c1ccccc1. The van der Waals surface area contributed by atoms with Crippen LogP contribution in [0.4, 0.5) is 5.69 Å². The summed E-state index contributed by atoms with van der Waals surface area (Å²) in [5.41, 5.74) is 1.97. The molecule has 0 saturated carbocycles. The summed E-state index contributed by atoms with van der Waals surface area (Å²) in [6, 6.07) is 28.8. The van der Waals surface area contributed by atoms with Gasteiger partial charge in [-0.3, -0.25) is 13.9 Å². The Morgan fingerprint density at radius 1 is 0.867 bits per heavy atom. The predicted octanol–water partition coefficient (Wildman–Crippen LogP) is 7.16. The van der Waals surface area contributed by atoms with Crippen LogP contribution in [0.1, 0.15) is 37.5 Å². The minimum atomic E-state index is -4.21. The monoisotopic (exact) mass is 709 g/mol. The Bertz CT molecular complexity index is 1730. The molecule has 0 spiro atoms. The van der Waals surface area contributed by atoms with Gasteiger partial charge in [0.1, 0.15) is 12.6 Å². The van der Waals surface area contributed by atoms with E-state index in [1.165, 1.54) is 23.1 Å². The number of hydrogen-bond acceptors (Lipinski definition) is 4. The molecule has 1 atom stereocenters. The second-order valence-corrected chi connectivity index (χ2v) is 15.1. The van der Waals surface area contributed by atoms with Gasteiger partial charge in [0.15, 0.2) is 0 Å². The number of benzene rings is 4. The summed E-state index contributed by atoms with van der Waals surface area (Å²) in [5.74, 6) is -0.880. The fourth-order valence-electron chi connectivity index (χ4n) is 4.88. The molecule has 45 heavy (non-hydrogen) atoms. The number of carbonyl (C=O) groups is 2. The van der Waals surface area contributed by atoms with E-state index in [9.17, 15) is 18.0 Å². The van der Waals surface area contributed by atoms with Crippen LogP contribution >= 0.6 is 27.5 Å². The number of sulfonamides is 1. The molecule has 4 rings (SSSR count). The van der Waals surface area contributed by atoms with Crippen molar-refractivity contribution in [2.75, 3.05) is 10.8 Å². The lowest BCUT2D eigenvalue weighted by molar-refractivity contribution is -0.140. The van der Waals surface area contributed by atoms with E-state index in [1.807, 2.05) is 75.4 Å². The zero-order valence-electron chi connectivity index (χ0n) is 25.7. The van der Waals surface area contributed by atoms with E-state index in [0.29, 0.717) is 10.6 Å². The summed E-state index contributed by atoms with van der Waals surface area (Å²) in [4.78, 5) is 30.0. The standard InChI is InChI=1S/C35H37BrClN3O4S/c1-25-15-20-29(37)22-31(25)40(45(43,44)30-13-9-6-10-14-30)24-33(41)39(23-27-16-18-28(36)19-17-27)32(34(42)38-35(2,3)4)21-26-11-7-5-8-12-26/h5-20,22,32H,21,23-24H2,1-4H3,(H,38,42). The van der Waals surface area contributed by atoms with Gasteiger partial charge in [0, 0.05) is 28.0 Å². The van der Waals surface area contributed by atoms with E-state index < -0.39 is 34.1 Å². The third-order valence-electron chi connectivity index (χ3n) is 7.09. The molecule has 0 radical (unpaired) electrons. The Kier molecular flexibility index (Phi) is 11.1. The number of nitrogens with one attached hydrogen (secondary N) is 1. The maximum Gasteiger partial charge on any atom is 0.264 e. The van der Waals surface area contributed by atoms with Gasteiger partial charge in [-0.1, -0.05) is 94.3 Å². The van der Waals surface area contributed by atoms with Gasteiger partial charge in [0.2, 0.25) is 11.8 Å². The largest absolute Gasteiger partial charge is 0.350 e. The fourth-order valence-corrected chi connectivity index (χ4v) is 6.80. The van der Waals surface area contributed by atoms with Crippen molar-refractivity contribution in [3.05, 3.63) is 129 Å². The molecule has 0 aliphatic heterocycles. The van der Waals surface area contributed by atoms with Crippen LogP contribution in [0.5, 0.6) is 0 Å². The number of anilines is 1. The van der Waals surface area contributed by atoms with Crippen LogP contribution in [0.3, 0.4) is 0 Å². The fraction of sp³-hybridized carbons (Fsp3) is 0.257. The lowest BCUT2D eigenvalue weighted by Crippen LogP contribution is -2.56. The zero-order chi connectivity index (χ0) is 32.8. The topological polar surface area (TPSA) is 86.8 Å². The highest BCUT2D eigenvalue weighted by molar-refractivity contribution is 9.10. The maximum absolute atomic E-state index is 14.6. The summed E-state index contributed by atoms with van der Waals surface area (Å²) in [5, 5.41) is 3.37. The molecule has 0 aromatic heterocycles. The molecule has 2 amide bonds. The second-order valence-electron chi connectivity index (χ2n) is 11.8. The number of rotatable bonds is 11. The highest BCUT2D eigenvalue weighted by atomic mass is 79.9. The molecular weight excluding hydrogens is 674 g/mol. The van der Waals surface area contributed by atoms with E-state index in [4.69, 9.17) is 11.6 Å². The van der Waals surface area contributed by atoms with Crippen LogP contribution in [0.15, 0.2) is 112 Å². The van der Waals surface area contributed by atoms with Crippen LogP contribution in [0.2, 0.25) is 5.02 Å². The molecule has 0 aliphatic rings. The van der Waals surface area contributed by atoms with E-state index in [-0.39, 0.29) is 29.5 Å². The first-order chi connectivity index (χ1) is 21.2. The Morgan fingerprint density at radius 3 is 2.07 bits per heavy atom. The number of amides is 2. The minimum absolute atomic E-state index is 0.0305. The van der Waals surface area contributed by atoms with Gasteiger partial charge in [-0.25, -0.2) is 8.42 Å². The number of nitrogens with zero attached hydrogens (tertiary/aromatic N) is 2. The van der Waals surface area contributed by atoms with Gasteiger partial charge in [0.05, 0.1) is 10.6 Å². The second kappa shape index (κ2) is 14.6. The summed E-state index contributed by atoms with van der Waals surface area (Å²) in [6.07, 6.45) is 0.229. The molecule has 4 aromatic carbocycles. The quantitative estimate of drug-likeness (QED) is 0.179. The average Bonchev–Trinajstić information content (AvgIpc) is 3.00. The molecule has 1 N–H and O–H groups in total. The van der Waals surface area contributed by atoms with Crippen molar-refractivity contribution < 1.29 is 18.0 Å². The van der Waals surface area contributed by atoms with Crippen LogP contribution in [-0.2, 0) is 32.6 Å². The normalized spacial score (nSPS) is 12.3.